The molecule has 5 heteroatoms. The minimum atomic E-state index is -0.959. The van der Waals surface area contributed by atoms with E-state index in [1.165, 1.54) is 38.6 Å². The molecule has 3 fully saturated rings. The van der Waals surface area contributed by atoms with Gasteiger partial charge in [0.25, 0.3) is 0 Å². The molecule has 146 valence electrons. The molecule has 2 aliphatic heterocycles. The first kappa shape index (κ1) is 20.7. The van der Waals surface area contributed by atoms with E-state index in [9.17, 15) is 4.21 Å². The summed E-state index contributed by atoms with van der Waals surface area (Å²) in [5, 5.41) is 0. The zero-order chi connectivity index (χ0) is 17.5. The van der Waals surface area contributed by atoms with Crippen LogP contribution in [0.3, 0.4) is 0 Å². The smallest absolute Gasteiger partial charge is 0.171 e. The molecule has 0 amide bonds. The quantitative estimate of drug-likeness (QED) is 0.464. The molecule has 2 saturated heterocycles. The number of rotatable bonds is 3. The first-order valence-corrected chi connectivity index (χ1v) is 11.3. The number of benzene rings is 1. The molecule has 0 bridgehead atoms. The molecule has 3 aliphatic rings. The van der Waals surface area contributed by atoms with Crippen LogP contribution >= 0.6 is 0 Å². The largest absolute Gasteiger partial charge is 1.00 e. The third kappa shape index (κ3) is 3.53. The zero-order valence-corrected chi connectivity index (χ0v) is 19.0. The second kappa shape index (κ2) is 8.18. The highest BCUT2D eigenvalue weighted by Crippen LogP contribution is 2.50. The molecule has 0 N–H and O–H groups in total. The van der Waals surface area contributed by atoms with Crippen LogP contribution < -0.4 is 24.0 Å². The number of hydrogen-bond acceptors (Lipinski definition) is 2. The highest BCUT2D eigenvalue weighted by Gasteiger charge is 2.57. The number of hydrogen-bond donors (Lipinski definition) is 0. The fourth-order valence-corrected chi connectivity index (χ4v) is 7.58. The van der Waals surface area contributed by atoms with E-state index in [1.54, 1.807) is 0 Å². The van der Waals surface area contributed by atoms with Crippen LogP contribution in [0.4, 0.5) is 0 Å². The lowest BCUT2D eigenvalue weighted by Gasteiger charge is -2.40. The lowest BCUT2D eigenvalue weighted by atomic mass is 9.82. The number of ether oxygens (including phenoxy) is 1. The summed E-state index contributed by atoms with van der Waals surface area (Å²) in [6.45, 7) is 1.21. The Labute approximate surface area is 177 Å². The Kier molecular flexibility index (Phi) is 6.52. The van der Waals surface area contributed by atoms with Crippen molar-refractivity contribution in [2.45, 2.75) is 62.0 Å². The van der Waals surface area contributed by atoms with Crippen molar-refractivity contribution in [3.8, 4) is 0 Å². The van der Waals surface area contributed by atoms with E-state index in [0.717, 1.165) is 22.9 Å². The van der Waals surface area contributed by atoms with Crippen LogP contribution in [-0.2, 0) is 20.5 Å². The second-order valence-corrected chi connectivity index (χ2v) is 10.4. The van der Waals surface area contributed by atoms with Gasteiger partial charge >= 0.3 is 0 Å². The molecule has 1 aromatic rings. The fourth-order valence-electron chi connectivity index (χ4n) is 5.50. The molecule has 4 rings (SSSR count). The molecular weight excluding hydrogens is 457 g/mol. The molecule has 4 atom stereocenters. The number of likely N-dealkylation sites (tertiary alicyclic amines) is 1. The van der Waals surface area contributed by atoms with Crippen LogP contribution in [0, 0.1) is 5.92 Å². The van der Waals surface area contributed by atoms with Crippen LogP contribution in [0.5, 0.6) is 0 Å². The molecular formula is C21H32INO2S. The Hall–Kier alpha value is 0.0200. The van der Waals surface area contributed by atoms with E-state index in [0.29, 0.717) is 17.7 Å². The molecule has 1 aliphatic carbocycles. The maximum Gasteiger partial charge on any atom is 0.171 e. The lowest BCUT2D eigenvalue weighted by Crippen LogP contribution is -3.00. The van der Waals surface area contributed by atoms with Crippen molar-refractivity contribution in [2.24, 2.45) is 5.92 Å². The van der Waals surface area contributed by atoms with Crippen molar-refractivity contribution >= 4 is 10.8 Å². The summed E-state index contributed by atoms with van der Waals surface area (Å²) in [6.07, 6.45) is 8.68. The van der Waals surface area contributed by atoms with Gasteiger partial charge in [-0.3, -0.25) is 4.21 Å². The fraction of sp³-hybridized carbons (Fsp3) is 0.714. The van der Waals surface area contributed by atoms with Gasteiger partial charge in [-0.25, -0.2) is 0 Å². The van der Waals surface area contributed by atoms with Gasteiger partial charge in [-0.05, 0) is 18.4 Å². The van der Waals surface area contributed by atoms with Gasteiger partial charge in [0, 0.05) is 18.8 Å². The van der Waals surface area contributed by atoms with E-state index in [4.69, 9.17) is 4.74 Å². The van der Waals surface area contributed by atoms with E-state index >= 15 is 0 Å². The molecule has 0 radical (unpaired) electrons. The van der Waals surface area contributed by atoms with Gasteiger partial charge in [-0.15, -0.1) is 0 Å². The van der Waals surface area contributed by atoms with Gasteiger partial charge in [-0.2, -0.15) is 0 Å². The predicted octanol–water partition coefficient (Wildman–Crippen LogP) is 0.810. The van der Waals surface area contributed by atoms with E-state index < -0.39 is 15.7 Å². The van der Waals surface area contributed by atoms with Crippen LogP contribution in [0.15, 0.2) is 30.3 Å². The Morgan fingerprint density at radius 1 is 1.04 bits per heavy atom. The van der Waals surface area contributed by atoms with E-state index in [1.807, 2.05) is 6.07 Å². The molecule has 1 unspecified atom stereocenters. The highest BCUT2D eigenvalue weighted by molar-refractivity contribution is 7.86. The maximum atomic E-state index is 13.6. The van der Waals surface area contributed by atoms with Crippen molar-refractivity contribution < 1.29 is 37.4 Å². The van der Waals surface area contributed by atoms with Gasteiger partial charge in [0.05, 0.1) is 37.2 Å². The lowest BCUT2D eigenvalue weighted by molar-refractivity contribution is -0.905. The molecule has 0 aromatic heterocycles. The Bertz CT molecular complexity index is 632. The van der Waals surface area contributed by atoms with Gasteiger partial charge in [0.1, 0.15) is 12.1 Å². The zero-order valence-electron chi connectivity index (χ0n) is 16.0. The van der Waals surface area contributed by atoms with Crippen LogP contribution in [0.2, 0.25) is 0 Å². The van der Waals surface area contributed by atoms with Crippen LogP contribution in [0.25, 0.3) is 0 Å². The normalized spacial score (nSPS) is 37.4. The SMILES string of the molecule is C[N+]1(C)CCC[C@@H]1[C@@H]1CS(=O)[C@](c2ccccc2)(C2CCCCC2)O1.[I-]. The average molecular weight is 489 g/mol. The van der Waals surface area contributed by atoms with Crippen molar-refractivity contribution in [3.05, 3.63) is 35.9 Å². The van der Waals surface area contributed by atoms with Gasteiger partial charge < -0.3 is 33.2 Å². The molecule has 26 heavy (non-hydrogen) atoms. The summed E-state index contributed by atoms with van der Waals surface area (Å²) in [5.41, 5.74) is 1.14. The highest BCUT2D eigenvalue weighted by atomic mass is 127. The van der Waals surface area contributed by atoms with Gasteiger partial charge in [0.2, 0.25) is 0 Å². The molecule has 2 heterocycles. The topological polar surface area (TPSA) is 26.3 Å². The third-order valence-electron chi connectivity index (χ3n) is 6.86. The monoisotopic (exact) mass is 489 g/mol. The van der Waals surface area contributed by atoms with Crippen LogP contribution in [0.1, 0.15) is 50.5 Å². The number of halogens is 1. The Morgan fingerprint density at radius 3 is 2.35 bits per heavy atom. The summed E-state index contributed by atoms with van der Waals surface area (Å²) in [4.78, 5) is -0.574. The first-order chi connectivity index (χ1) is 12.0. The summed E-state index contributed by atoms with van der Waals surface area (Å²) < 4.78 is 21.5. The summed E-state index contributed by atoms with van der Waals surface area (Å²) in [7, 11) is 3.67. The van der Waals surface area contributed by atoms with E-state index in [-0.39, 0.29) is 30.1 Å². The summed E-state index contributed by atoms with van der Waals surface area (Å²) in [5.74, 6) is 1.10. The molecule has 1 saturated carbocycles. The Balaban J connectivity index is 0.00000196. The van der Waals surface area contributed by atoms with Gasteiger partial charge in [-0.1, -0.05) is 49.6 Å². The summed E-state index contributed by atoms with van der Waals surface area (Å²) >= 11 is 0. The van der Waals surface area contributed by atoms with Crippen molar-refractivity contribution in [1.82, 2.24) is 0 Å². The maximum absolute atomic E-state index is 13.6. The standard InChI is InChI=1S/C21H32NO2S.HI/c1-22(2)15-9-14-19(22)20-16-25(23)21(24-20,17-10-5-3-6-11-17)18-12-7-4-8-13-18;/h3,5-6,10-11,18-20H,4,7-9,12-16H2,1-2H3;1H/q+1;/p-1/t19-,20+,21-,25?;/m1./s1. The van der Waals surface area contributed by atoms with Crippen molar-refractivity contribution in [3.63, 3.8) is 0 Å². The number of nitrogens with zero attached hydrogens (tertiary/aromatic N) is 1. The van der Waals surface area contributed by atoms with Crippen molar-refractivity contribution in [2.75, 3.05) is 26.4 Å². The van der Waals surface area contributed by atoms with Crippen LogP contribution in [-0.4, -0.2) is 47.2 Å². The van der Waals surface area contributed by atoms with E-state index in [2.05, 4.69) is 38.4 Å². The summed E-state index contributed by atoms with van der Waals surface area (Å²) in [6, 6.07) is 11.0. The van der Waals surface area contributed by atoms with Gasteiger partial charge in [0.15, 0.2) is 4.93 Å². The Morgan fingerprint density at radius 2 is 1.73 bits per heavy atom. The minimum Gasteiger partial charge on any atom is -1.00 e. The number of quaternary nitrogens is 1. The minimum absolute atomic E-state index is 0. The molecule has 3 nitrogen and oxygen atoms in total. The second-order valence-electron chi connectivity index (χ2n) is 8.75. The first-order valence-electron chi connectivity index (χ1n) is 9.98. The predicted molar refractivity (Wildman–Crippen MR) is 103 cm³/mol. The third-order valence-corrected chi connectivity index (χ3v) is 8.83. The molecule has 0 spiro atoms. The molecule has 1 aromatic carbocycles. The average Bonchev–Trinajstić information content (AvgIpc) is 3.16. The number of likely N-dealkylation sites (N-methyl/N-ethyl adjacent to an activating group) is 1. The van der Waals surface area contributed by atoms with Crippen molar-refractivity contribution in [1.29, 1.82) is 0 Å².